The predicted octanol–water partition coefficient (Wildman–Crippen LogP) is 2.76. The van der Waals surface area contributed by atoms with Gasteiger partial charge in [0.1, 0.15) is 0 Å². The fourth-order valence-electron chi connectivity index (χ4n) is 2.38. The molecule has 1 amide bonds. The van der Waals surface area contributed by atoms with Gasteiger partial charge in [0, 0.05) is 29.4 Å². The summed E-state index contributed by atoms with van der Waals surface area (Å²) in [6.45, 7) is 5.33. The monoisotopic (exact) mass is 280 g/mol. The summed E-state index contributed by atoms with van der Waals surface area (Å²) in [6, 6.07) is 2.61. The zero-order valence-electron chi connectivity index (χ0n) is 12.2. The SMILES string of the molecule is CCN(C)C(=O)CNC(C)c1cc2c(s1)CCCC2. The van der Waals surface area contributed by atoms with Crippen LogP contribution in [0.3, 0.4) is 0 Å². The van der Waals surface area contributed by atoms with Crippen LogP contribution in [0.1, 0.15) is 48.0 Å². The number of likely N-dealkylation sites (N-methyl/N-ethyl adjacent to an activating group) is 1. The van der Waals surface area contributed by atoms with Crippen LogP contribution < -0.4 is 5.32 Å². The van der Waals surface area contributed by atoms with Crippen molar-refractivity contribution < 1.29 is 4.79 Å². The zero-order chi connectivity index (χ0) is 13.8. The number of aryl methyl sites for hydroxylation is 2. The molecule has 0 radical (unpaired) electrons. The first-order chi connectivity index (χ1) is 9.11. The van der Waals surface area contributed by atoms with Crippen LogP contribution in [0.15, 0.2) is 6.07 Å². The minimum atomic E-state index is 0.163. The largest absolute Gasteiger partial charge is 0.345 e. The van der Waals surface area contributed by atoms with Crippen molar-refractivity contribution in [2.45, 2.75) is 45.6 Å². The first-order valence-electron chi connectivity index (χ1n) is 7.20. The van der Waals surface area contributed by atoms with E-state index in [0.717, 1.165) is 6.54 Å². The van der Waals surface area contributed by atoms with Crippen LogP contribution in [-0.4, -0.2) is 30.9 Å². The van der Waals surface area contributed by atoms with Gasteiger partial charge in [0.2, 0.25) is 5.91 Å². The van der Waals surface area contributed by atoms with Crippen molar-refractivity contribution in [1.82, 2.24) is 10.2 Å². The molecular formula is C15H24N2OS. The number of rotatable bonds is 5. The van der Waals surface area contributed by atoms with Gasteiger partial charge in [-0.1, -0.05) is 0 Å². The van der Waals surface area contributed by atoms with E-state index in [4.69, 9.17) is 0 Å². The second-order valence-electron chi connectivity index (χ2n) is 5.31. The average Bonchev–Trinajstić information content (AvgIpc) is 2.87. The third-order valence-electron chi connectivity index (χ3n) is 3.90. The molecule has 1 unspecified atom stereocenters. The van der Waals surface area contributed by atoms with Crippen molar-refractivity contribution in [2.75, 3.05) is 20.1 Å². The molecule has 1 aromatic rings. The number of nitrogens with zero attached hydrogens (tertiary/aromatic N) is 1. The fourth-order valence-corrected chi connectivity index (χ4v) is 3.66. The molecule has 4 heteroatoms. The number of thiophene rings is 1. The van der Waals surface area contributed by atoms with E-state index in [-0.39, 0.29) is 11.9 Å². The van der Waals surface area contributed by atoms with Crippen LogP contribution in [0.25, 0.3) is 0 Å². The smallest absolute Gasteiger partial charge is 0.236 e. The molecule has 0 bridgehead atoms. The second-order valence-corrected chi connectivity index (χ2v) is 6.48. The molecule has 1 heterocycles. The van der Waals surface area contributed by atoms with Crippen molar-refractivity contribution in [2.24, 2.45) is 0 Å². The van der Waals surface area contributed by atoms with Crippen LogP contribution in [-0.2, 0) is 17.6 Å². The Balaban J connectivity index is 1.91. The summed E-state index contributed by atoms with van der Waals surface area (Å²) < 4.78 is 0. The number of carbonyl (C=O) groups is 1. The second kappa shape index (κ2) is 6.53. The number of carbonyl (C=O) groups excluding carboxylic acids is 1. The number of hydrogen-bond acceptors (Lipinski definition) is 3. The van der Waals surface area contributed by atoms with Gasteiger partial charge >= 0.3 is 0 Å². The minimum absolute atomic E-state index is 0.163. The number of hydrogen-bond donors (Lipinski definition) is 1. The molecule has 0 aliphatic heterocycles. The lowest BCUT2D eigenvalue weighted by Gasteiger charge is -2.17. The summed E-state index contributed by atoms with van der Waals surface area (Å²) in [5.41, 5.74) is 1.54. The van der Waals surface area contributed by atoms with E-state index in [1.54, 1.807) is 9.78 Å². The maximum Gasteiger partial charge on any atom is 0.236 e. The molecule has 1 N–H and O–H groups in total. The van der Waals surface area contributed by atoms with Crippen LogP contribution in [0.4, 0.5) is 0 Å². The Labute approximate surface area is 120 Å². The number of fused-ring (bicyclic) bond motifs is 1. The summed E-state index contributed by atoms with van der Waals surface area (Å²) in [6.07, 6.45) is 5.12. The van der Waals surface area contributed by atoms with Gasteiger partial charge in [-0.15, -0.1) is 11.3 Å². The van der Waals surface area contributed by atoms with Crippen LogP contribution in [0.5, 0.6) is 0 Å². The van der Waals surface area contributed by atoms with E-state index in [0.29, 0.717) is 6.54 Å². The van der Waals surface area contributed by atoms with E-state index >= 15 is 0 Å². The summed E-state index contributed by atoms with van der Waals surface area (Å²) >= 11 is 1.92. The third kappa shape index (κ3) is 3.57. The Hall–Kier alpha value is -0.870. The molecule has 1 aliphatic rings. The van der Waals surface area contributed by atoms with Crippen LogP contribution in [0, 0.1) is 0 Å². The van der Waals surface area contributed by atoms with Crippen molar-refractivity contribution >= 4 is 17.2 Å². The summed E-state index contributed by atoms with van der Waals surface area (Å²) in [7, 11) is 1.85. The first-order valence-corrected chi connectivity index (χ1v) is 8.02. The highest BCUT2D eigenvalue weighted by atomic mass is 32.1. The van der Waals surface area contributed by atoms with E-state index in [1.165, 1.54) is 36.1 Å². The molecule has 1 aromatic heterocycles. The Bertz CT molecular complexity index is 418. The third-order valence-corrected chi connectivity index (χ3v) is 5.32. The highest BCUT2D eigenvalue weighted by Crippen LogP contribution is 2.32. The van der Waals surface area contributed by atoms with E-state index < -0.39 is 0 Å². The molecule has 3 nitrogen and oxygen atoms in total. The topological polar surface area (TPSA) is 32.3 Å². The highest BCUT2D eigenvalue weighted by molar-refractivity contribution is 7.12. The molecule has 0 spiro atoms. The lowest BCUT2D eigenvalue weighted by atomic mass is 9.99. The maximum absolute atomic E-state index is 11.8. The highest BCUT2D eigenvalue weighted by Gasteiger charge is 2.17. The maximum atomic E-state index is 11.8. The van der Waals surface area contributed by atoms with E-state index in [9.17, 15) is 4.79 Å². The Morgan fingerprint density at radius 3 is 2.89 bits per heavy atom. The van der Waals surface area contributed by atoms with Crippen LogP contribution in [0.2, 0.25) is 0 Å². The van der Waals surface area contributed by atoms with Crippen LogP contribution >= 0.6 is 11.3 Å². The quantitative estimate of drug-likeness (QED) is 0.899. The van der Waals surface area contributed by atoms with Gasteiger partial charge in [0.05, 0.1) is 6.54 Å². The number of nitrogens with one attached hydrogen (secondary N) is 1. The molecule has 1 atom stereocenters. The average molecular weight is 280 g/mol. The summed E-state index contributed by atoms with van der Waals surface area (Å²) in [5, 5.41) is 3.34. The van der Waals surface area contributed by atoms with Crippen molar-refractivity contribution in [3.05, 3.63) is 21.4 Å². The molecule has 106 valence electrons. The van der Waals surface area contributed by atoms with Gasteiger partial charge in [-0.3, -0.25) is 4.79 Å². The summed E-state index contributed by atoms with van der Waals surface area (Å²) in [5.74, 6) is 0.163. The molecule has 0 fully saturated rings. The molecule has 1 aliphatic carbocycles. The van der Waals surface area contributed by atoms with Gasteiger partial charge in [-0.25, -0.2) is 0 Å². The zero-order valence-corrected chi connectivity index (χ0v) is 13.0. The Morgan fingerprint density at radius 2 is 2.21 bits per heavy atom. The van der Waals surface area contributed by atoms with Crippen molar-refractivity contribution in [3.63, 3.8) is 0 Å². The van der Waals surface area contributed by atoms with E-state index in [1.807, 2.05) is 25.3 Å². The molecule has 19 heavy (non-hydrogen) atoms. The van der Waals surface area contributed by atoms with Gasteiger partial charge in [-0.2, -0.15) is 0 Å². The molecule has 2 rings (SSSR count). The normalized spacial score (nSPS) is 15.9. The predicted molar refractivity (Wildman–Crippen MR) is 80.7 cm³/mol. The minimum Gasteiger partial charge on any atom is -0.345 e. The van der Waals surface area contributed by atoms with Gasteiger partial charge in [0.25, 0.3) is 0 Å². The molecule has 0 aromatic carbocycles. The van der Waals surface area contributed by atoms with Crippen molar-refractivity contribution in [3.8, 4) is 0 Å². The van der Waals surface area contributed by atoms with Crippen molar-refractivity contribution in [1.29, 1.82) is 0 Å². The molecule has 0 saturated heterocycles. The van der Waals surface area contributed by atoms with Gasteiger partial charge in [-0.05, 0) is 51.2 Å². The van der Waals surface area contributed by atoms with Gasteiger partial charge < -0.3 is 10.2 Å². The Kier molecular flexibility index (Phi) is 4.99. The van der Waals surface area contributed by atoms with E-state index in [2.05, 4.69) is 18.3 Å². The molecule has 0 saturated carbocycles. The lowest BCUT2D eigenvalue weighted by molar-refractivity contribution is -0.128. The number of amides is 1. The Morgan fingerprint density at radius 1 is 1.47 bits per heavy atom. The van der Waals surface area contributed by atoms with Gasteiger partial charge in [0.15, 0.2) is 0 Å². The standard InChI is InChI=1S/C15H24N2OS/c1-4-17(3)15(18)10-16-11(2)14-9-12-7-5-6-8-13(12)19-14/h9,11,16H,4-8,10H2,1-3H3. The molecular weight excluding hydrogens is 256 g/mol. The lowest BCUT2D eigenvalue weighted by Crippen LogP contribution is -2.36. The fraction of sp³-hybridized carbons (Fsp3) is 0.667. The first kappa shape index (κ1) is 14.5. The summed E-state index contributed by atoms with van der Waals surface area (Å²) in [4.78, 5) is 16.5.